The topological polar surface area (TPSA) is 47.8 Å². The summed E-state index contributed by atoms with van der Waals surface area (Å²) in [5.41, 5.74) is 1.96. The summed E-state index contributed by atoms with van der Waals surface area (Å²) in [6, 6.07) is 11.2. The molecule has 19 heavy (non-hydrogen) atoms. The molecule has 1 fully saturated rings. The number of nitrogens with zero attached hydrogens (tertiary/aromatic N) is 1. The van der Waals surface area contributed by atoms with Gasteiger partial charge >= 0.3 is 0 Å². The van der Waals surface area contributed by atoms with Gasteiger partial charge in [0.2, 0.25) is 0 Å². The van der Waals surface area contributed by atoms with Crippen molar-refractivity contribution in [3.8, 4) is 6.07 Å². The highest BCUT2D eigenvalue weighted by atomic mass is 15.0. The van der Waals surface area contributed by atoms with Crippen molar-refractivity contribution in [3.63, 3.8) is 0 Å². The first-order chi connectivity index (χ1) is 9.28. The largest absolute Gasteiger partial charge is 0.314 e. The van der Waals surface area contributed by atoms with E-state index in [0.717, 1.165) is 12.1 Å². The van der Waals surface area contributed by atoms with E-state index in [1.807, 2.05) is 24.3 Å². The van der Waals surface area contributed by atoms with Crippen LogP contribution in [0.1, 0.15) is 43.7 Å². The Kier molecular flexibility index (Phi) is 5.38. The maximum Gasteiger partial charge on any atom is 0.0991 e. The Morgan fingerprint density at radius 2 is 2.16 bits per heavy atom. The molecule has 0 aliphatic carbocycles. The second kappa shape index (κ2) is 7.28. The van der Waals surface area contributed by atoms with Crippen molar-refractivity contribution in [1.82, 2.24) is 10.6 Å². The zero-order valence-corrected chi connectivity index (χ0v) is 11.7. The van der Waals surface area contributed by atoms with Gasteiger partial charge in [-0.25, -0.2) is 0 Å². The van der Waals surface area contributed by atoms with Crippen molar-refractivity contribution in [1.29, 1.82) is 5.26 Å². The highest BCUT2D eigenvalue weighted by Gasteiger charge is 2.15. The number of benzene rings is 1. The monoisotopic (exact) mass is 257 g/mol. The highest BCUT2D eigenvalue weighted by Crippen LogP contribution is 2.12. The number of hydrogen-bond donors (Lipinski definition) is 2. The third-order valence-electron chi connectivity index (χ3n) is 3.79. The van der Waals surface area contributed by atoms with E-state index in [1.54, 1.807) is 0 Å². The molecule has 1 aliphatic heterocycles. The standard InChI is InChI=1S/C16H23N3/c1-13(10-16-4-2-3-9-18-16)19-12-15-7-5-14(11-17)6-8-15/h5-8,13,16,18-19H,2-4,9-10,12H2,1H3. The number of nitriles is 1. The average molecular weight is 257 g/mol. The van der Waals surface area contributed by atoms with Gasteiger partial charge in [-0.1, -0.05) is 18.6 Å². The second-order valence-electron chi connectivity index (χ2n) is 5.47. The van der Waals surface area contributed by atoms with Gasteiger partial charge in [-0.15, -0.1) is 0 Å². The highest BCUT2D eigenvalue weighted by molar-refractivity contribution is 5.31. The Hall–Kier alpha value is -1.37. The molecule has 2 unspecified atom stereocenters. The van der Waals surface area contributed by atoms with Crippen LogP contribution in [0.15, 0.2) is 24.3 Å². The van der Waals surface area contributed by atoms with Crippen LogP contribution in [0.2, 0.25) is 0 Å². The van der Waals surface area contributed by atoms with Crippen molar-refractivity contribution < 1.29 is 0 Å². The molecular weight excluding hydrogens is 234 g/mol. The van der Waals surface area contributed by atoms with Gasteiger partial charge in [-0.3, -0.25) is 0 Å². The molecule has 0 aromatic heterocycles. The molecule has 1 saturated heterocycles. The van der Waals surface area contributed by atoms with E-state index in [0.29, 0.717) is 12.1 Å². The van der Waals surface area contributed by atoms with E-state index < -0.39 is 0 Å². The molecular formula is C16H23N3. The third-order valence-corrected chi connectivity index (χ3v) is 3.79. The lowest BCUT2D eigenvalue weighted by atomic mass is 9.98. The molecule has 102 valence electrons. The third kappa shape index (κ3) is 4.66. The molecule has 0 spiro atoms. The van der Waals surface area contributed by atoms with Crippen LogP contribution in [0.3, 0.4) is 0 Å². The van der Waals surface area contributed by atoms with Crippen molar-refractivity contribution in [2.24, 2.45) is 0 Å². The Bertz CT molecular complexity index is 413. The second-order valence-corrected chi connectivity index (χ2v) is 5.47. The zero-order valence-electron chi connectivity index (χ0n) is 11.7. The number of piperidine rings is 1. The van der Waals surface area contributed by atoms with Crippen molar-refractivity contribution >= 4 is 0 Å². The molecule has 0 bridgehead atoms. The van der Waals surface area contributed by atoms with Gasteiger partial charge in [0.05, 0.1) is 11.6 Å². The average Bonchev–Trinajstić information content (AvgIpc) is 2.47. The van der Waals surface area contributed by atoms with Gasteiger partial charge in [0, 0.05) is 18.6 Å². The first kappa shape index (κ1) is 14.0. The Balaban J connectivity index is 1.73. The maximum absolute atomic E-state index is 8.76. The summed E-state index contributed by atoms with van der Waals surface area (Å²) in [6.45, 7) is 4.30. The van der Waals surface area contributed by atoms with Crippen LogP contribution in [0.25, 0.3) is 0 Å². The summed E-state index contributed by atoms with van der Waals surface area (Å²) in [4.78, 5) is 0. The number of rotatable bonds is 5. The summed E-state index contributed by atoms with van der Waals surface area (Å²) in [6.07, 6.45) is 5.18. The summed E-state index contributed by atoms with van der Waals surface area (Å²) in [7, 11) is 0. The predicted molar refractivity (Wildman–Crippen MR) is 77.7 cm³/mol. The van der Waals surface area contributed by atoms with Crippen LogP contribution in [-0.4, -0.2) is 18.6 Å². The van der Waals surface area contributed by atoms with Gasteiger partial charge in [-0.05, 0) is 50.4 Å². The number of nitrogens with one attached hydrogen (secondary N) is 2. The lowest BCUT2D eigenvalue weighted by Gasteiger charge is -2.26. The van der Waals surface area contributed by atoms with Gasteiger partial charge < -0.3 is 10.6 Å². The SMILES string of the molecule is CC(CC1CCCCN1)NCc1ccc(C#N)cc1. The van der Waals surface area contributed by atoms with Gasteiger partial charge in [0.15, 0.2) is 0 Å². The van der Waals surface area contributed by atoms with E-state index >= 15 is 0 Å². The molecule has 1 aliphatic rings. The fourth-order valence-corrected chi connectivity index (χ4v) is 2.62. The Morgan fingerprint density at radius 1 is 1.37 bits per heavy atom. The number of hydrogen-bond acceptors (Lipinski definition) is 3. The maximum atomic E-state index is 8.76. The fourth-order valence-electron chi connectivity index (χ4n) is 2.62. The van der Waals surface area contributed by atoms with E-state index in [4.69, 9.17) is 5.26 Å². The normalized spacial score (nSPS) is 20.7. The van der Waals surface area contributed by atoms with Crippen molar-refractivity contribution in [2.45, 2.75) is 51.2 Å². The molecule has 2 N–H and O–H groups in total. The molecule has 1 heterocycles. The lowest BCUT2D eigenvalue weighted by molar-refractivity contribution is 0.344. The molecule has 2 rings (SSSR count). The first-order valence-electron chi connectivity index (χ1n) is 7.24. The molecule has 2 atom stereocenters. The summed E-state index contributed by atoms with van der Waals surface area (Å²) < 4.78 is 0. The lowest BCUT2D eigenvalue weighted by Crippen LogP contribution is -2.39. The molecule has 0 radical (unpaired) electrons. The molecule has 0 saturated carbocycles. The molecule has 1 aromatic rings. The van der Waals surface area contributed by atoms with Gasteiger partial charge in [0.25, 0.3) is 0 Å². The smallest absolute Gasteiger partial charge is 0.0991 e. The van der Waals surface area contributed by atoms with Crippen LogP contribution in [-0.2, 0) is 6.54 Å². The van der Waals surface area contributed by atoms with Gasteiger partial charge in [-0.2, -0.15) is 5.26 Å². The summed E-state index contributed by atoms with van der Waals surface area (Å²) >= 11 is 0. The van der Waals surface area contributed by atoms with E-state index in [9.17, 15) is 0 Å². The summed E-state index contributed by atoms with van der Waals surface area (Å²) in [5.74, 6) is 0. The molecule has 3 heteroatoms. The van der Waals surface area contributed by atoms with Crippen LogP contribution in [0, 0.1) is 11.3 Å². The van der Waals surface area contributed by atoms with Crippen molar-refractivity contribution in [3.05, 3.63) is 35.4 Å². The van der Waals surface area contributed by atoms with E-state index in [1.165, 1.54) is 37.8 Å². The van der Waals surface area contributed by atoms with Crippen LogP contribution in [0.4, 0.5) is 0 Å². The predicted octanol–water partition coefficient (Wildman–Crippen LogP) is 2.57. The minimum absolute atomic E-state index is 0.520. The molecule has 3 nitrogen and oxygen atoms in total. The van der Waals surface area contributed by atoms with E-state index in [2.05, 4.69) is 23.6 Å². The van der Waals surface area contributed by atoms with Crippen molar-refractivity contribution in [2.75, 3.05) is 6.54 Å². The Labute approximate surface area is 116 Å². The van der Waals surface area contributed by atoms with Gasteiger partial charge in [0.1, 0.15) is 0 Å². The van der Waals surface area contributed by atoms with Crippen LogP contribution in [0.5, 0.6) is 0 Å². The van der Waals surface area contributed by atoms with Crippen LogP contribution < -0.4 is 10.6 Å². The molecule has 0 amide bonds. The Morgan fingerprint density at radius 3 is 2.79 bits per heavy atom. The first-order valence-corrected chi connectivity index (χ1v) is 7.24. The van der Waals surface area contributed by atoms with Crippen LogP contribution >= 0.6 is 0 Å². The zero-order chi connectivity index (χ0) is 13.5. The van der Waals surface area contributed by atoms with E-state index in [-0.39, 0.29) is 0 Å². The fraction of sp³-hybridized carbons (Fsp3) is 0.562. The minimum Gasteiger partial charge on any atom is -0.314 e. The molecule has 1 aromatic carbocycles. The summed E-state index contributed by atoms with van der Waals surface area (Å²) in [5, 5.41) is 15.9. The minimum atomic E-state index is 0.520. The quantitative estimate of drug-likeness (QED) is 0.852.